The van der Waals surface area contributed by atoms with Crippen molar-refractivity contribution in [3.05, 3.63) is 47.9 Å². The summed E-state index contributed by atoms with van der Waals surface area (Å²) in [5.41, 5.74) is 0.578. The number of anilines is 1. The maximum atomic E-state index is 12.9. The maximum Gasteiger partial charge on any atom is 0.310 e. The molecule has 0 aliphatic heterocycles. The predicted octanol–water partition coefficient (Wildman–Crippen LogP) is 5.19. The smallest absolute Gasteiger partial charge is 0.310 e. The summed E-state index contributed by atoms with van der Waals surface area (Å²) in [7, 11) is -9.66. The maximum absolute atomic E-state index is 12.9. The Morgan fingerprint density at radius 1 is 1.08 bits per heavy atom. The van der Waals surface area contributed by atoms with Crippen molar-refractivity contribution < 1.29 is 19.4 Å². The van der Waals surface area contributed by atoms with Gasteiger partial charge in [0.05, 0.1) is 5.54 Å². The highest BCUT2D eigenvalue weighted by Crippen LogP contribution is 3.02. The predicted molar refractivity (Wildman–Crippen MR) is 87.9 cm³/mol. The normalized spacial score (nSPS) is 19.0. The van der Waals surface area contributed by atoms with E-state index in [4.69, 9.17) is 0 Å². The van der Waals surface area contributed by atoms with Gasteiger partial charge in [0.1, 0.15) is 17.0 Å². The van der Waals surface area contributed by atoms with Gasteiger partial charge in [-0.1, -0.05) is 31.6 Å². The van der Waals surface area contributed by atoms with Crippen molar-refractivity contribution in [1.82, 2.24) is 19.6 Å². The van der Waals surface area contributed by atoms with Crippen molar-refractivity contribution in [2.45, 2.75) is 30.2 Å². The molecule has 0 saturated heterocycles. The number of hydrogen-bond donors (Lipinski definition) is 1. The SMILES string of the molecule is Cc1cc(NC2(c3ccc(S(F)(F)(F)(F)F)cc3)CC2)n2ncnc2n1. The lowest BCUT2D eigenvalue weighted by Gasteiger charge is -2.40. The molecule has 0 radical (unpaired) electrons. The van der Waals surface area contributed by atoms with E-state index in [1.165, 1.54) is 10.8 Å². The third kappa shape index (κ3) is 2.96. The first-order valence-electron chi connectivity index (χ1n) is 7.67. The Hall–Kier alpha value is -2.43. The number of nitrogens with one attached hydrogen (secondary N) is 1. The molecule has 140 valence electrons. The molecule has 0 spiro atoms. The molecule has 1 aromatic carbocycles. The first-order valence-corrected chi connectivity index (χ1v) is 9.62. The molecule has 11 heteroatoms. The van der Waals surface area contributed by atoms with E-state index in [-0.39, 0.29) is 0 Å². The molecule has 3 aromatic rings. The lowest BCUT2D eigenvalue weighted by Crippen LogP contribution is -2.21. The summed E-state index contributed by atoms with van der Waals surface area (Å²) in [6, 6.07) is 4.83. The van der Waals surface area contributed by atoms with Crippen molar-refractivity contribution in [2.24, 2.45) is 0 Å². The summed E-state index contributed by atoms with van der Waals surface area (Å²) in [5.74, 6) is 0.971. The highest BCUT2D eigenvalue weighted by molar-refractivity contribution is 8.45. The van der Waals surface area contributed by atoms with Gasteiger partial charge in [-0.2, -0.15) is 14.6 Å². The zero-order valence-electron chi connectivity index (χ0n) is 13.5. The number of nitrogens with zero attached hydrogens (tertiary/aromatic N) is 4. The highest BCUT2D eigenvalue weighted by atomic mass is 32.5. The number of halogens is 5. The molecular formula is C15H14F5N5S. The number of hydrogen-bond acceptors (Lipinski definition) is 4. The molecule has 1 saturated carbocycles. The van der Waals surface area contributed by atoms with Crippen molar-refractivity contribution in [3.63, 3.8) is 0 Å². The van der Waals surface area contributed by atoms with Crippen LogP contribution < -0.4 is 5.32 Å². The molecule has 2 aromatic heterocycles. The van der Waals surface area contributed by atoms with Crippen molar-refractivity contribution >= 4 is 21.8 Å². The van der Waals surface area contributed by atoms with Gasteiger partial charge in [-0.05, 0) is 37.5 Å². The molecule has 0 unspecified atom stereocenters. The molecule has 1 aliphatic rings. The Morgan fingerprint density at radius 3 is 2.31 bits per heavy atom. The van der Waals surface area contributed by atoms with Gasteiger partial charge < -0.3 is 5.32 Å². The first kappa shape index (κ1) is 17.0. The topological polar surface area (TPSA) is 55.1 Å². The molecule has 1 fully saturated rings. The number of fused-ring (bicyclic) bond motifs is 1. The summed E-state index contributed by atoms with van der Waals surface area (Å²) < 4.78 is 65.9. The second-order valence-electron chi connectivity index (χ2n) is 6.46. The molecule has 0 atom stereocenters. The summed E-state index contributed by atoms with van der Waals surface area (Å²) in [4.78, 5) is 6.35. The minimum atomic E-state index is -9.66. The molecular weight excluding hydrogens is 377 g/mol. The van der Waals surface area contributed by atoms with Gasteiger partial charge in [-0.15, -0.1) is 0 Å². The minimum absolute atomic E-state index is 0.388. The zero-order valence-corrected chi connectivity index (χ0v) is 14.3. The lowest BCUT2D eigenvalue weighted by molar-refractivity contribution is 0.364. The van der Waals surface area contributed by atoms with Crippen LogP contribution in [0.3, 0.4) is 0 Å². The van der Waals surface area contributed by atoms with Crippen molar-refractivity contribution in [2.75, 3.05) is 5.32 Å². The molecule has 5 nitrogen and oxygen atoms in total. The van der Waals surface area contributed by atoms with Gasteiger partial charge in [0.2, 0.25) is 0 Å². The molecule has 1 aliphatic carbocycles. The number of benzene rings is 1. The van der Waals surface area contributed by atoms with Gasteiger partial charge in [0, 0.05) is 11.8 Å². The Bertz CT molecular complexity index is 1010. The van der Waals surface area contributed by atoms with Gasteiger partial charge in [-0.25, -0.2) is 4.98 Å². The number of aromatic nitrogens is 4. The van der Waals surface area contributed by atoms with Gasteiger partial charge in [-0.3, -0.25) is 0 Å². The average molecular weight is 391 g/mol. The van der Waals surface area contributed by atoms with E-state index in [2.05, 4.69) is 20.4 Å². The van der Waals surface area contributed by atoms with Gasteiger partial charge in [0.25, 0.3) is 5.78 Å². The van der Waals surface area contributed by atoms with Crippen LogP contribution in [0.2, 0.25) is 0 Å². The molecule has 2 heterocycles. The highest BCUT2D eigenvalue weighted by Gasteiger charge is 2.65. The zero-order chi connectivity index (χ0) is 18.9. The Kier molecular flexibility index (Phi) is 2.91. The molecule has 26 heavy (non-hydrogen) atoms. The van der Waals surface area contributed by atoms with Crippen LogP contribution in [-0.2, 0) is 5.54 Å². The first-order chi connectivity index (χ1) is 11.9. The quantitative estimate of drug-likeness (QED) is 0.622. The standard InChI is InChI=1S/C15H14F5N5S/c1-10-8-13(25-14(23-10)21-9-22-25)24-15(6-7-15)11-2-4-12(5-3-11)26(16,17,18,19)20/h2-5,8-9,24H,6-7H2,1H3. The number of rotatable bonds is 4. The molecule has 0 bridgehead atoms. The van der Waals surface area contributed by atoms with Crippen molar-refractivity contribution in [3.8, 4) is 0 Å². The van der Waals surface area contributed by atoms with E-state index >= 15 is 0 Å². The fourth-order valence-corrected chi connectivity index (χ4v) is 3.56. The Labute approximate surface area is 145 Å². The summed E-state index contributed by atoms with van der Waals surface area (Å²) >= 11 is 0. The fourth-order valence-electron chi connectivity index (χ4n) is 2.91. The number of aryl methyl sites for hydroxylation is 1. The minimum Gasteiger partial charge on any atom is -0.360 e. The van der Waals surface area contributed by atoms with Crippen LogP contribution in [0.5, 0.6) is 0 Å². The van der Waals surface area contributed by atoms with E-state index in [0.717, 1.165) is 12.1 Å². The molecule has 1 N–H and O–H groups in total. The third-order valence-corrected chi connectivity index (χ3v) is 5.51. The van der Waals surface area contributed by atoms with E-state index < -0.39 is 20.7 Å². The monoisotopic (exact) mass is 391 g/mol. The Balaban J connectivity index is 1.69. The van der Waals surface area contributed by atoms with E-state index in [1.54, 1.807) is 13.0 Å². The van der Waals surface area contributed by atoms with Crippen LogP contribution in [0.25, 0.3) is 5.78 Å². The van der Waals surface area contributed by atoms with Crippen LogP contribution in [0.4, 0.5) is 25.2 Å². The van der Waals surface area contributed by atoms with Gasteiger partial charge >= 0.3 is 10.2 Å². The van der Waals surface area contributed by atoms with E-state index in [9.17, 15) is 19.4 Å². The summed E-state index contributed by atoms with van der Waals surface area (Å²) in [6.07, 6.45) is 2.65. The summed E-state index contributed by atoms with van der Waals surface area (Å²) in [5, 5.41) is 7.32. The largest absolute Gasteiger partial charge is 0.360 e. The van der Waals surface area contributed by atoms with Crippen LogP contribution in [0.15, 0.2) is 41.6 Å². The lowest BCUT2D eigenvalue weighted by atomic mass is 10.1. The van der Waals surface area contributed by atoms with E-state index in [0.29, 0.717) is 47.8 Å². The Morgan fingerprint density at radius 2 is 1.73 bits per heavy atom. The van der Waals surface area contributed by atoms with Gasteiger partial charge in [0.15, 0.2) is 0 Å². The van der Waals surface area contributed by atoms with Crippen LogP contribution in [0.1, 0.15) is 24.1 Å². The van der Waals surface area contributed by atoms with Crippen molar-refractivity contribution in [1.29, 1.82) is 0 Å². The van der Waals surface area contributed by atoms with E-state index in [1.807, 2.05) is 0 Å². The van der Waals surface area contributed by atoms with Crippen LogP contribution in [0, 0.1) is 6.92 Å². The fraction of sp³-hybridized carbons (Fsp3) is 0.267. The molecule has 4 rings (SSSR count). The second-order valence-corrected chi connectivity index (χ2v) is 8.86. The third-order valence-electron chi connectivity index (χ3n) is 4.35. The second kappa shape index (κ2) is 4.45. The molecule has 0 amide bonds. The van der Waals surface area contributed by atoms with Crippen LogP contribution in [-0.4, -0.2) is 19.6 Å². The summed E-state index contributed by atoms with van der Waals surface area (Å²) in [6.45, 7) is 1.78. The average Bonchev–Trinajstić information content (AvgIpc) is 3.13. The van der Waals surface area contributed by atoms with Crippen LogP contribution >= 0.6 is 10.2 Å².